The van der Waals surface area contributed by atoms with E-state index in [0.717, 1.165) is 43.5 Å². The third-order valence-corrected chi connectivity index (χ3v) is 11.3. The molecule has 1 aromatic rings. The van der Waals surface area contributed by atoms with Crippen molar-refractivity contribution in [3.63, 3.8) is 0 Å². The summed E-state index contributed by atoms with van der Waals surface area (Å²) in [6.07, 6.45) is 18.0. The van der Waals surface area contributed by atoms with Gasteiger partial charge in [0.25, 0.3) is 0 Å². The van der Waals surface area contributed by atoms with Crippen LogP contribution in [-0.4, -0.2) is 54.5 Å². The summed E-state index contributed by atoms with van der Waals surface area (Å²) in [4.78, 5) is 2.65. The highest BCUT2D eigenvalue weighted by Crippen LogP contribution is 2.66. The Hall–Kier alpha value is -1.56. The van der Waals surface area contributed by atoms with Gasteiger partial charge >= 0.3 is 0 Å². The van der Waals surface area contributed by atoms with Crippen LogP contribution < -0.4 is 14.8 Å². The molecular formula is C33H48N2O3. The van der Waals surface area contributed by atoms with Crippen molar-refractivity contribution < 1.29 is 14.6 Å². The van der Waals surface area contributed by atoms with E-state index in [1.54, 1.807) is 7.11 Å². The number of unbranched alkanes of at least 4 members (excludes halogenated alkanes) is 2. The van der Waals surface area contributed by atoms with Gasteiger partial charge in [0.05, 0.1) is 18.6 Å². The number of methoxy groups -OCH3 is 1. The van der Waals surface area contributed by atoms with Crippen LogP contribution in [0.3, 0.4) is 0 Å². The molecule has 2 aliphatic heterocycles. The van der Waals surface area contributed by atoms with Crippen molar-refractivity contribution in [3.8, 4) is 11.5 Å². The zero-order chi connectivity index (χ0) is 26.2. The first-order valence-corrected chi connectivity index (χ1v) is 15.4. The fourth-order valence-electron chi connectivity index (χ4n) is 10.8. The summed E-state index contributed by atoms with van der Waals surface area (Å²) >= 11 is 0. The van der Waals surface area contributed by atoms with Crippen LogP contribution in [0.2, 0.25) is 0 Å². The number of nitrogens with zero attached hydrogens (tertiary/aromatic N) is 1. The smallest absolute Gasteiger partial charge is 0.166 e. The molecule has 208 valence electrons. The monoisotopic (exact) mass is 520 g/mol. The minimum atomic E-state index is -0.425. The van der Waals surface area contributed by atoms with Gasteiger partial charge in [0.1, 0.15) is 6.10 Å². The first-order chi connectivity index (χ1) is 18.2. The summed E-state index contributed by atoms with van der Waals surface area (Å²) in [5, 5.41) is 14.5. The van der Waals surface area contributed by atoms with Crippen LogP contribution in [0.25, 0.3) is 0 Å². The minimum absolute atomic E-state index is 0.00678. The molecule has 0 saturated heterocycles. The second kappa shape index (κ2) is 8.97. The van der Waals surface area contributed by atoms with Gasteiger partial charge in [-0.3, -0.25) is 4.90 Å². The van der Waals surface area contributed by atoms with E-state index in [1.807, 2.05) is 6.08 Å². The summed E-state index contributed by atoms with van der Waals surface area (Å²) in [6.45, 7) is 9.52. The van der Waals surface area contributed by atoms with E-state index in [1.165, 1.54) is 75.5 Å². The summed E-state index contributed by atoms with van der Waals surface area (Å²) in [7, 11) is 1.72. The summed E-state index contributed by atoms with van der Waals surface area (Å²) in [5.41, 5.74) is 4.15. The van der Waals surface area contributed by atoms with Gasteiger partial charge in [0.2, 0.25) is 0 Å². The SMILES string of the molecule is COc1ccc2c3c1O[C@H]1C[C@@H](O)C=C[C@@]31CCN(CCCCCNC13CC4CC(C)(CC(C)(C4)C1)C3)C2. The molecule has 8 rings (SSSR count). The van der Waals surface area contributed by atoms with Crippen LogP contribution in [0.1, 0.15) is 95.6 Å². The molecule has 1 spiro atoms. The molecule has 0 amide bonds. The molecule has 1 aromatic carbocycles. The zero-order valence-electron chi connectivity index (χ0n) is 23.9. The van der Waals surface area contributed by atoms with E-state index in [0.29, 0.717) is 22.8 Å². The number of hydrogen-bond acceptors (Lipinski definition) is 5. The molecule has 5 aliphatic carbocycles. The molecule has 5 nitrogen and oxygen atoms in total. The predicted octanol–water partition coefficient (Wildman–Crippen LogP) is 5.73. The van der Waals surface area contributed by atoms with Crippen molar-refractivity contribution in [2.24, 2.45) is 16.7 Å². The minimum Gasteiger partial charge on any atom is -0.493 e. The van der Waals surface area contributed by atoms with Crippen molar-refractivity contribution in [1.29, 1.82) is 0 Å². The number of nitrogens with one attached hydrogen (secondary N) is 1. The number of rotatable bonds is 8. The summed E-state index contributed by atoms with van der Waals surface area (Å²) < 4.78 is 12.2. The Morgan fingerprint density at radius 3 is 2.66 bits per heavy atom. The largest absolute Gasteiger partial charge is 0.493 e. The van der Waals surface area contributed by atoms with Gasteiger partial charge in [-0.15, -0.1) is 0 Å². The third-order valence-electron chi connectivity index (χ3n) is 11.3. The number of aliphatic hydroxyl groups excluding tert-OH is 1. The lowest BCUT2D eigenvalue weighted by molar-refractivity contribution is -0.117. The van der Waals surface area contributed by atoms with Crippen molar-refractivity contribution in [3.05, 3.63) is 35.4 Å². The molecule has 4 saturated carbocycles. The van der Waals surface area contributed by atoms with E-state index in [-0.39, 0.29) is 11.5 Å². The second-order valence-electron chi connectivity index (χ2n) is 14.9. The normalized spacial score (nSPS) is 42.5. The number of aliphatic hydroxyl groups is 1. The van der Waals surface area contributed by atoms with E-state index in [4.69, 9.17) is 9.47 Å². The fraction of sp³-hybridized carbons (Fsp3) is 0.758. The Kier molecular flexibility index (Phi) is 6.00. The topological polar surface area (TPSA) is 54.0 Å². The molecule has 4 fully saturated rings. The van der Waals surface area contributed by atoms with Crippen LogP contribution in [0.15, 0.2) is 24.3 Å². The van der Waals surface area contributed by atoms with Gasteiger partial charge in [-0.25, -0.2) is 0 Å². The molecule has 2 heterocycles. The molecule has 4 bridgehead atoms. The quantitative estimate of drug-likeness (QED) is 0.339. The van der Waals surface area contributed by atoms with Crippen LogP contribution in [-0.2, 0) is 12.0 Å². The van der Waals surface area contributed by atoms with Gasteiger partial charge in [-0.05, 0) is 106 Å². The first-order valence-electron chi connectivity index (χ1n) is 15.4. The summed E-state index contributed by atoms with van der Waals surface area (Å²) in [5.74, 6) is 2.69. The predicted molar refractivity (Wildman–Crippen MR) is 151 cm³/mol. The lowest BCUT2D eigenvalue weighted by atomic mass is 9.43. The maximum atomic E-state index is 10.3. The van der Waals surface area contributed by atoms with E-state index >= 15 is 0 Å². The standard InChI is InChI=1S/C33H48N2O3/c1-30-16-23-17-31(2,20-30)22-32(18-23,21-30)34-12-5-4-6-13-35-14-11-33-10-9-25(36)15-27(33)38-29-26(37-3)8-7-24(19-35)28(29)33/h7-10,23,25,27,34,36H,4-6,11-22H2,1-3H3/t23?,25-,27-,30?,31?,32?,33-/m0/s1. The maximum absolute atomic E-state index is 10.3. The molecule has 5 atom stereocenters. The van der Waals surface area contributed by atoms with Crippen LogP contribution in [0.4, 0.5) is 0 Å². The van der Waals surface area contributed by atoms with E-state index < -0.39 is 6.10 Å². The Morgan fingerprint density at radius 1 is 1.08 bits per heavy atom. The van der Waals surface area contributed by atoms with Gasteiger partial charge < -0.3 is 19.9 Å². The van der Waals surface area contributed by atoms with E-state index in [2.05, 4.69) is 42.3 Å². The average Bonchev–Trinajstić information content (AvgIpc) is 3.07. The zero-order valence-corrected chi connectivity index (χ0v) is 23.9. The number of ether oxygens (including phenoxy) is 2. The van der Waals surface area contributed by atoms with Crippen molar-refractivity contribution in [1.82, 2.24) is 10.2 Å². The second-order valence-corrected chi connectivity index (χ2v) is 14.9. The highest BCUT2D eigenvalue weighted by Gasteiger charge is 2.59. The number of benzene rings is 1. The molecular weight excluding hydrogens is 472 g/mol. The molecule has 2 N–H and O–H groups in total. The van der Waals surface area contributed by atoms with Crippen molar-refractivity contribution in [2.45, 2.75) is 114 Å². The summed E-state index contributed by atoms with van der Waals surface area (Å²) in [6, 6.07) is 4.32. The van der Waals surface area contributed by atoms with Gasteiger partial charge in [-0.1, -0.05) is 38.5 Å². The Labute approximate surface area is 229 Å². The Balaban J connectivity index is 0.956. The van der Waals surface area contributed by atoms with Crippen LogP contribution in [0, 0.1) is 16.7 Å². The third kappa shape index (κ3) is 4.14. The molecule has 38 heavy (non-hydrogen) atoms. The fourth-order valence-corrected chi connectivity index (χ4v) is 10.8. The van der Waals surface area contributed by atoms with Crippen LogP contribution >= 0.6 is 0 Å². The molecule has 0 radical (unpaired) electrons. The number of hydrogen-bond donors (Lipinski definition) is 2. The maximum Gasteiger partial charge on any atom is 0.166 e. The lowest BCUT2D eigenvalue weighted by Gasteiger charge is -2.65. The van der Waals surface area contributed by atoms with E-state index in [9.17, 15) is 5.11 Å². The Morgan fingerprint density at radius 2 is 1.89 bits per heavy atom. The highest BCUT2D eigenvalue weighted by molar-refractivity contribution is 5.61. The molecule has 0 aromatic heterocycles. The average molecular weight is 521 g/mol. The Bertz CT molecular complexity index is 1100. The molecule has 5 heteroatoms. The molecule has 2 unspecified atom stereocenters. The van der Waals surface area contributed by atoms with Crippen molar-refractivity contribution >= 4 is 0 Å². The van der Waals surface area contributed by atoms with Gasteiger partial charge in [0, 0.05) is 24.1 Å². The highest BCUT2D eigenvalue weighted by atomic mass is 16.5. The van der Waals surface area contributed by atoms with Gasteiger partial charge in [-0.2, -0.15) is 0 Å². The molecule has 7 aliphatic rings. The van der Waals surface area contributed by atoms with Crippen molar-refractivity contribution in [2.75, 3.05) is 26.7 Å². The first kappa shape index (κ1) is 25.4. The van der Waals surface area contributed by atoms with Gasteiger partial charge in [0.15, 0.2) is 11.5 Å². The lowest BCUT2D eigenvalue weighted by Crippen LogP contribution is -2.64. The van der Waals surface area contributed by atoms with Crippen LogP contribution in [0.5, 0.6) is 11.5 Å².